The molecule has 0 saturated carbocycles. The Hall–Kier alpha value is -0.810. The second-order valence-electron chi connectivity index (χ2n) is 12.8. The van der Waals surface area contributed by atoms with E-state index in [0.717, 1.165) is 13.0 Å². The third kappa shape index (κ3) is 33.7. The Morgan fingerprint density at radius 2 is 0.905 bits per heavy atom. The van der Waals surface area contributed by atoms with Gasteiger partial charge in [-0.3, -0.25) is 0 Å². The number of hydrogen-bond donors (Lipinski definition) is 2. The molecular weight excluding hydrogens is 520 g/mol. The first-order chi connectivity index (χ1) is 20.7. The smallest absolute Gasteiger partial charge is 0.314 e. The van der Waals surface area contributed by atoms with Crippen LogP contribution in [0.1, 0.15) is 187 Å². The summed E-state index contributed by atoms with van der Waals surface area (Å²) in [6.07, 6.45) is 36.8. The average Bonchev–Trinajstić information content (AvgIpc) is 3.00. The third-order valence-electron chi connectivity index (χ3n) is 8.67. The van der Waals surface area contributed by atoms with Crippen molar-refractivity contribution in [2.24, 2.45) is 5.92 Å². The minimum atomic E-state index is -0.0266. The second kappa shape index (κ2) is 36.4. The summed E-state index contributed by atoms with van der Waals surface area (Å²) in [7, 11) is 1.68. The molecule has 252 valence electrons. The molecule has 0 unspecified atom stereocenters. The van der Waals surface area contributed by atoms with E-state index in [1.54, 1.807) is 7.11 Å². The Morgan fingerprint density at radius 3 is 1.31 bits per heavy atom. The van der Waals surface area contributed by atoms with E-state index in [1.807, 2.05) is 0 Å². The Balaban J connectivity index is 4.02. The summed E-state index contributed by atoms with van der Waals surface area (Å²) in [4.78, 5) is 12.3. The second-order valence-corrected chi connectivity index (χ2v) is 12.8. The van der Waals surface area contributed by atoms with Crippen molar-refractivity contribution in [2.75, 3.05) is 40.0 Å². The van der Waals surface area contributed by atoms with E-state index in [1.165, 1.54) is 167 Å². The molecule has 0 saturated heterocycles. The van der Waals surface area contributed by atoms with Crippen LogP contribution in [0.3, 0.4) is 0 Å². The molecule has 0 aliphatic heterocycles. The van der Waals surface area contributed by atoms with E-state index >= 15 is 0 Å². The van der Waals surface area contributed by atoms with Crippen molar-refractivity contribution in [2.45, 2.75) is 187 Å². The number of ether oxygens (including phenoxy) is 2. The van der Waals surface area contributed by atoms with Gasteiger partial charge in [0.2, 0.25) is 0 Å². The molecule has 0 aromatic carbocycles. The first kappa shape index (κ1) is 41.2. The number of unbranched alkanes of at least 4 members (excludes halogenated alkanes) is 22. The zero-order valence-electron chi connectivity index (χ0n) is 28.9. The van der Waals surface area contributed by atoms with Crippen molar-refractivity contribution in [3.63, 3.8) is 0 Å². The highest BCUT2D eigenvalue weighted by Crippen LogP contribution is 2.20. The minimum Gasteiger partial charge on any atom is -0.382 e. The number of carbonyl (C=O) groups excluding carboxylic acids is 1. The number of amides is 2. The zero-order valence-corrected chi connectivity index (χ0v) is 28.9. The van der Waals surface area contributed by atoms with Crippen LogP contribution >= 0.6 is 0 Å². The molecule has 42 heavy (non-hydrogen) atoms. The number of methoxy groups -OCH3 is 1. The van der Waals surface area contributed by atoms with Gasteiger partial charge in [-0.2, -0.15) is 0 Å². The SMILES string of the molecule is CCCCCCCCCCCCCCC(CCCCCCCCCCCCCC)CNC(=O)NCCCOCCOC. The maximum Gasteiger partial charge on any atom is 0.314 e. The minimum absolute atomic E-state index is 0.0266. The van der Waals surface area contributed by atoms with Crippen LogP contribution in [0.2, 0.25) is 0 Å². The molecule has 0 aromatic heterocycles. The standard InChI is InChI=1S/C37H76N2O3/c1-4-6-8-10-12-14-16-18-20-22-24-26-29-36(35-39-37(40)38-31-28-32-42-34-33-41-3)30-27-25-23-21-19-17-15-13-11-9-7-5-2/h36H,4-35H2,1-3H3,(H2,38,39,40). The van der Waals surface area contributed by atoms with E-state index in [2.05, 4.69) is 24.5 Å². The Bertz CT molecular complexity index is 489. The fourth-order valence-electron chi connectivity index (χ4n) is 5.82. The van der Waals surface area contributed by atoms with Crippen LogP contribution in [0, 0.1) is 5.92 Å². The Morgan fingerprint density at radius 1 is 0.500 bits per heavy atom. The molecule has 0 radical (unpaired) electrons. The van der Waals surface area contributed by atoms with E-state index in [0.29, 0.717) is 32.3 Å². The summed E-state index contributed by atoms with van der Waals surface area (Å²) >= 11 is 0. The van der Waals surface area contributed by atoms with Gasteiger partial charge in [-0.05, 0) is 25.2 Å². The number of urea groups is 1. The monoisotopic (exact) mass is 597 g/mol. The molecule has 5 heteroatoms. The van der Waals surface area contributed by atoms with Gasteiger partial charge in [0.05, 0.1) is 13.2 Å². The zero-order chi connectivity index (χ0) is 30.6. The van der Waals surface area contributed by atoms with E-state index in [4.69, 9.17) is 9.47 Å². The summed E-state index contributed by atoms with van der Waals surface area (Å²) in [5.41, 5.74) is 0. The van der Waals surface area contributed by atoms with Crippen molar-refractivity contribution >= 4 is 6.03 Å². The number of hydrogen-bond acceptors (Lipinski definition) is 3. The van der Waals surface area contributed by atoms with Gasteiger partial charge >= 0.3 is 6.03 Å². The van der Waals surface area contributed by atoms with Crippen molar-refractivity contribution in [3.8, 4) is 0 Å². The first-order valence-corrected chi connectivity index (χ1v) is 18.8. The molecule has 0 fully saturated rings. The lowest BCUT2D eigenvalue weighted by molar-refractivity contribution is 0.0697. The molecule has 5 nitrogen and oxygen atoms in total. The topological polar surface area (TPSA) is 59.6 Å². The third-order valence-corrected chi connectivity index (χ3v) is 8.67. The summed E-state index contributed by atoms with van der Waals surface area (Å²) in [5.74, 6) is 0.611. The molecule has 2 amide bonds. The van der Waals surface area contributed by atoms with Gasteiger partial charge in [-0.25, -0.2) is 4.79 Å². The van der Waals surface area contributed by atoms with Crippen molar-refractivity contribution in [1.82, 2.24) is 10.6 Å². The van der Waals surface area contributed by atoms with Gasteiger partial charge in [0.15, 0.2) is 0 Å². The fourth-order valence-corrected chi connectivity index (χ4v) is 5.82. The largest absolute Gasteiger partial charge is 0.382 e. The highest BCUT2D eigenvalue weighted by atomic mass is 16.5. The first-order valence-electron chi connectivity index (χ1n) is 18.8. The molecule has 0 spiro atoms. The molecule has 0 aliphatic carbocycles. The summed E-state index contributed by atoms with van der Waals surface area (Å²) in [6, 6.07) is -0.0266. The summed E-state index contributed by atoms with van der Waals surface area (Å²) in [5, 5.41) is 6.17. The number of nitrogens with one attached hydrogen (secondary N) is 2. The quantitative estimate of drug-likeness (QED) is 0.0715. The van der Waals surface area contributed by atoms with Crippen LogP contribution in [-0.4, -0.2) is 46.1 Å². The molecule has 0 atom stereocenters. The van der Waals surface area contributed by atoms with Crippen molar-refractivity contribution in [1.29, 1.82) is 0 Å². The van der Waals surface area contributed by atoms with Gasteiger partial charge in [-0.1, -0.05) is 168 Å². The Kier molecular flexibility index (Phi) is 35.7. The molecule has 0 rings (SSSR count). The van der Waals surface area contributed by atoms with E-state index in [9.17, 15) is 4.79 Å². The van der Waals surface area contributed by atoms with Crippen LogP contribution in [0.15, 0.2) is 0 Å². The van der Waals surface area contributed by atoms with Crippen molar-refractivity contribution in [3.05, 3.63) is 0 Å². The number of carbonyl (C=O) groups is 1. The van der Waals surface area contributed by atoms with Gasteiger partial charge in [0.1, 0.15) is 0 Å². The van der Waals surface area contributed by atoms with Crippen LogP contribution in [-0.2, 0) is 9.47 Å². The van der Waals surface area contributed by atoms with Crippen LogP contribution in [0.25, 0.3) is 0 Å². The molecule has 0 heterocycles. The molecule has 0 bridgehead atoms. The molecular formula is C37H76N2O3. The Labute approximate surface area is 263 Å². The van der Waals surface area contributed by atoms with E-state index < -0.39 is 0 Å². The predicted molar refractivity (Wildman–Crippen MR) is 184 cm³/mol. The average molecular weight is 597 g/mol. The highest BCUT2D eigenvalue weighted by molar-refractivity contribution is 5.73. The molecule has 0 aliphatic rings. The van der Waals surface area contributed by atoms with Gasteiger partial charge in [0, 0.05) is 26.8 Å². The maximum absolute atomic E-state index is 12.3. The summed E-state index contributed by atoms with van der Waals surface area (Å²) in [6.45, 7) is 7.94. The predicted octanol–water partition coefficient (Wildman–Crippen LogP) is 11.1. The highest BCUT2D eigenvalue weighted by Gasteiger charge is 2.11. The normalized spacial score (nSPS) is 11.4. The van der Waals surface area contributed by atoms with Gasteiger partial charge in [0.25, 0.3) is 0 Å². The molecule has 2 N–H and O–H groups in total. The van der Waals surface area contributed by atoms with Crippen LogP contribution < -0.4 is 10.6 Å². The summed E-state index contributed by atoms with van der Waals surface area (Å²) < 4.78 is 10.5. The van der Waals surface area contributed by atoms with Gasteiger partial charge < -0.3 is 20.1 Å². The lowest BCUT2D eigenvalue weighted by Crippen LogP contribution is -2.39. The van der Waals surface area contributed by atoms with Crippen LogP contribution in [0.4, 0.5) is 4.79 Å². The molecule has 0 aromatic rings. The fraction of sp³-hybridized carbons (Fsp3) is 0.973. The lowest BCUT2D eigenvalue weighted by atomic mass is 9.94. The van der Waals surface area contributed by atoms with E-state index in [-0.39, 0.29) is 6.03 Å². The maximum atomic E-state index is 12.3. The van der Waals surface area contributed by atoms with Gasteiger partial charge in [-0.15, -0.1) is 0 Å². The van der Waals surface area contributed by atoms with Crippen molar-refractivity contribution < 1.29 is 14.3 Å². The van der Waals surface area contributed by atoms with Crippen LogP contribution in [0.5, 0.6) is 0 Å². The number of rotatable bonds is 35. The lowest BCUT2D eigenvalue weighted by Gasteiger charge is -2.18.